The van der Waals surface area contributed by atoms with Crippen molar-refractivity contribution in [1.82, 2.24) is 0 Å². The molecule has 0 saturated heterocycles. The molecule has 1 saturated carbocycles. The van der Waals surface area contributed by atoms with Crippen molar-refractivity contribution in [3.8, 4) is 6.19 Å². The Kier molecular flexibility index (Phi) is 5.13. The van der Waals surface area contributed by atoms with E-state index < -0.39 is 0 Å². The van der Waals surface area contributed by atoms with E-state index in [0.717, 1.165) is 25.7 Å². The summed E-state index contributed by atoms with van der Waals surface area (Å²) in [6.45, 7) is 0.572. The fraction of sp³-hybridized carbons (Fsp3) is 0.700. The third kappa shape index (κ3) is 4.39. The lowest BCUT2D eigenvalue weighted by Crippen LogP contribution is -2.22. The van der Waals surface area contributed by atoms with Crippen molar-refractivity contribution in [2.75, 3.05) is 6.54 Å². The van der Waals surface area contributed by atoms with Gasteiger partial charge in [0.15, 0.2) is 6.40 Å². The number of nitrogens with zero attached hydrogens (tertiary/aromatic N) is 3. The monoisotopic (exact) mass is 207 g/mol. The fourth-order valence-electron chi connectivity index (χ4n) is 1.76. The number of hydrogen-bond donors (Lipinski definition) is 0. The van der Waals surface area contributed by atoms with Crippen LogP contribution < -0.4 is 0 Å². The predicted molar refractivity (Wildman–Crippen MR) is 53.9 cm³/mol. The first-order chi connectivity index (χ1) is 7.36. The Bertz CT molecular complexity index is 294. The molecule has 0 amide bonds. The largest absolute Gasteiger partial charge is 0.479 e. The maximum atomic E-state index is 9.92. The minimum absolute atomic E-state index is 0.151. The predicted octanol–water partition coefficient (Wildman–Crippen LogP) is 1.41. The molecule has 0 spiro atoms. The second-order valence-electron chi connectivity index (χ2n) is 3.55. The first kappa shape index (κ1) is 11.4. The molecule has 0 aromatic carbocycles. The summed E-state index contributed by atoms with van der Waals surface area (Å²) in [6.07, 6.45) is 8.39. The molecule has 1 rings (SSSR count). The molecule has 0 aromatic heterocycles. The van der Waals surface area contributed by atoms with Crippen LogP contribution in [0.25, 0.3) is 0 Å². The third-order valence-electron chi connectivity index (χ3n) is 2.57. The van der Waals surface area contributed by atoms with E-state index in [4.69, 9.17) is 10.00 Å². The van der Waals surface area contributed by atoms with Crippen LogP contribution in [0.2, 0.25) is 0 Å². The second kappa shape index (κ2) is 6.74. The zero-order chi connectivity index (χ0) is 10.9. The van der Waals surface area contributed by atoms with Gasteiger partial charge in [0.1, 0.15) is 0 Å². The van der Waals surface area contributed by atoms with Crippen molar-refractivity contribution in [3.05, 3.63) is 0 Å². The smallest absolute Gasteiger partial charge is 0.234 e. The van der Waals surface area contributed by atoms with Crippen LogP contribution >= 0.6 is 0 Å². The molecule has 0 radical (unpaired) electrons. The van der Waals surface area contributed by atoms with Crippen LogP contribution in [0.15, 0.2) is 9.98 Å². The Morgan fingerprint density at radius 3 is 2.73 bits per heavy atom. The van der Waals surface area contributed by atoms with Gasteiger partial charge in [-0.3, -0.25) is 0 Å². The van der Waals surface area contributed by atoms with E-state index in [1.165, 1.54) is 6.40 Å². The summed E-state index contributed by atoms with van der Waals surface area (Å²) in [7, 11) is 0. The van der Waals surface area contributed by atoms with E-state index >= 15 is 0 Å². The van der Waals surface area contributed by atoms with Crippen LogP contribution in [0.5, 0.6) is 0 Å². The van der Waals surface area contributed by atoms with Crippen LogP contribution in [0.3, 0.4) is 0 Å². The van der Waals surface area contributed by atoms with E-state index in [-0.39, 0.29) is 6.10 Å². The lowest BCUT2D eigenvalue weighted by molar-refractivity contribution is 0.130. The van der Waals surface area contributed by atoms with Crippen LogP contribution in [-0.2, 0) is 9.53 Å². The molecule has 0 bridgehead atoms. The molecular formula is C10H13N3O2. The van der Waals surface area contributed by atoms with Gasteiger partial charge in [0.25, 0.3) is 0 Å². The first-order valence-corrected chi connectivity index (χ1v) is 4.96. The number of nitriles is 1. The number of carbonyl (C=O) groups excluding carboxylic acids is 1. The van der Waals surface area contributed by atoms with E-state index in [1.807, 2.05) is 0 Å². The van der Waals surface area contributed by atoms with Gasteiger partial charge in [0, 0.05) is 0 Å². The molecule has 1 fully saturated rings. The molecule has 5 heteroatoms. The number of ether oxygens (including phenoxy) is 1. The molecular weight excluding hydrogens is 194 g/mol. The van der Waals surface area contributed by atoms with E-state index in [1.54, 1.807) is 12.3 Å². The van der Waals surface area contributed by atoms with E-state index in [0.29, 0.717) is 12.5 Å². The van der Waals surface area contributed by atoms with Gasteiger partial charge in [-0.15, -0.1) is 4.99 Å². The minimum Gasteiger partial charge on any atom is -0.479 e. The van der Waals surface area contributed by atoms with Gasteiger partial charge in [-0.1, -0.05) is 0 Å². The average molecular weight is 207 g/mol. The summed E-state index contributed by atoms with van der Waals surface area (Å²) in [6, 6.07) is 0. The van der Waals surface area contributed by atoms with Crippen molar-refractivity contribution in [3.63, 3.8) is 0 Å². The van der Waals surface area contributed by atoms with Crippen molar-refractivity contribution in [2.24, 2.45) is 15.9 Å². The van der Waals surface area contributed by atoms with Crippen LogP contribution in [0, 0.1) is 17.4 Å². The van der Waals surface area contributed by atoms with Crippen molar-refractivity contribution in [2.45, 2.75) is 31.8 Å². The molecule has 80 valence electrons. The highest BCUT2D eigenvalue weighted by Gasteiger charge is 2.21. The SMILES string of the molecule is N#CN=COC1CCC(CN=C=O)CC1. The Labute approximate surface area is 88.5 Å². The topological polar surface area (TPSA) is 74.8 Å². The van der Waals surface area contributed by atoms with E-state index in [2.05, 4.69) is 9.98 Å². The summed E-state index contributed by atoms with van der Waals surface area (Å²) in [5, 5.41) is 8.16. The molecule has 0 aliphatic heterocycles. The van der Waals surface area contributed by atoms with Gasteiger partial charge < -0.3 is 4.74 Å². The van der Waals surface area contributed by atoms with Gasteiger partial charge in [-0.2, -0.15) is 5.26 Å². The van der Waals surface area contributed by atoms with Crippen molar-refractivity contribution >= 4 is 12.5 Å². The molecule has 1 aliphatic carbocycles. The highest BCUT2D eigenvalue weighted by Crippen LogP contribution is 2.25. The number of aliphatic imine (C=N–C) groups is 2. The van der Waals surface area contributed by atoms with Gasteiger partial charge in [0.2, 0.25) is 12.3 Å². The average Bonchev–Trinajstić information content (AvgIpc) is 2.28. The zero-order valence-corrected chi connectivity index (χ0v) is 8.43. The highest BCUT2D eigenvalue weighted by molar-refractivity contribution is 5.48. The van der Waals surface area contributed by atoms with Gasteiger partial charge >= 0.3 is 0 Å². The quantitative estimate of drug-likeness (QED) is 0.302. The Hall–Kier alpha value is -1.66. The number of isocyanates is 1. The van der Waals surface area contributed by atoms with Gasteiger partial charge in [-0.25, -0.2) is 9.79 Å². The van der Waals surface area contributed by atoms with Gasteiger partial charge in [-0.05, 0) is 31.6 Å². The molecule has 0 N–H and O–H groups in total. The normalized spacial score (nSPS) is 25.5. The first-order valence-electron chi connectivity index (χ1n) is 4.96. The summed E-state index contributed by atoms with van der Waals surface area (Å²) in [5.74, 6) is 0.471. The minimum atomic E-state index is 0.151. The van der Waals surface area contributed by atoms with E-state index in [9.17, 15) is 4.79 Å². The van der Waals surface area contributed by atoms with Crippen LogP contribution in [-0.4, -0.2) is 25.1 Å². The molecule has 0 atom stereocenters. The molecule has 1 aliphatic rings. The zero-order valence-electron chi connectivity index (χ0n) is 8.43. The van der Waals surface area contributed by atoms with Crippen molar-refractivity contribution < 1.29 is 9.53 Å². The lowest BCUT2D eigenvalue weighted by Gasteiger charge is -2.26. The standard InChI is InChI=1S/C10H13N3O2/c11-6-13-8-15-10-3-1-9(2-4-10)5-12-7-14/h8-10H,1-5H2. The Balaban J connectivity index is 2.21. The maximum Gasteiger partial charge on any atom is 0.234 e. The van der Waals surface area contributed by atoms with Crippen LogP contribution in [0.1, 0.15) is 25.7 Å². The summed E-state index contributed by atoms with van der Waals surface area (Å²) >= 11 is 0. The Morgan fingerprint density at radius 1 is 1.40 bits per heavy atom. The maximum absolute atomic E-state index is 9.92. The molecule has 15 heavy (non-hydrogen) atoms. The van der Waals surface area contributed by atoms with Crippen molar-refractivity contribution in [1.29, 1.82) is 5.26 Å². The van der Waals surface area contributed by atoms with Crippen LogP contribution in [0.4, 0.5) is 0 Å². The summed E-state index contributed by atoms with van der Waals surface area (Å²) < 4.78 is 5.25. The second-order valence-corrected chi connectivity index (χ2v) is 3.55. The number of hydrogen-bond acceptors (Lipinski definition) is 5. The third-order valence-corrected chi connectivity index (χ3v) is 2.57. The number of rotatable bonds is 4. The molecule has 0 aromatic rings. The molecule has 0 unspecified atom stereocenters. The fourth-order valence-corrected chi connectivity index (χ4v) is 1.76. The summed E-state index contributed by atoms with van der Waals surface area (Å²) in [5.41, 5.74) is 0. The van der Waals surface area contributed by atoms with Gasteiger partial charge in [0.05, 0.1) is 12.6 Å². The highest BCUT2D eigenvalue weighted by atomic mass is 16.5. The lowest BCUT2D eigenvalue weighted by atomic mass is 9.87. The Morgan fingerprint density at radius 2 is 2.13 bits per heavy atom. The summed E-state index contributed by atoms with van der Waals surface area (Å²) in [4.78, 5) is 16.8. The molecule has 0 heterocycles. The molecule has 5 nitrogen and oxygen atoms in total.